The van der Waals surface area contributed by atoms with E-state index in [9.17, 15) is 9.59 Å². The van der Waals surface area contributed by atoms with Crippen LogP contribution < -0.4 is 10.6 Å². The molecule has 0 unspecified atom stereocenters. The molecular formula is C10H12N4O3. The third-order valence-corrected chi connectivity index (χ3v) is 1.73. The van der Waals surface area contributed by atoms with E-state index in [1.165, 1.54) is 17.1 Å². The van der Waals surface area contributed by atoms with Gasteiger partial charge in [0.2, 0.25) is 5.91 Å². The zero-order chi connectivity index (χ0) is 12.7. The summed E-state index contributed by atoms with van der Waals surface area (Å²) >= 11 is 0. The topological polar surface area (TPSA) is 96.3 Å². The van der Waals surface area contributed by atoms with Crippen LogP contribution in [0.1, 0.15) is 0 Å². The predicted octanol–water partition coefficient (Wildman–Crippen LogP) is -0.871. The third-order valence-electron chi connectivity index (χ3n) is 1.73. The van der Waals surface area contributed by atoms with Crippen molar-refractivity contribution in [2.75, 3.05) is 18.4 Å². The first kappa shape index (κ1) is 12.7. The lowest BCUT2D eigenvalue weighted by atomic mass is 10.5. The zero-order valence-corrected chi connectivity index (χ0v) is 9.01. The first-order valence-corrected chi connectivity index (χ1v) is 4.80. The highest BCUT2D eigenvalue weighted by atomic mass is 16.4. The van der Waals surface area contributed by atoms with Gasteiger partial charge in [0.25, 0.3) is 0 Å². The molecular weight excluding hydrogens is 224 g/mol. The zero-order valence-electron chi connectivity index (χ0n) is 9.01. The van der Waals surface area contributed by atoms with Crippen molar-refractivity contribution in [3.05, 3.63) is 12.4 Å². The minimum absolute atomic E-state index is 0.0916. The first-order valence-electron chi connectivity index (χ1n) is 4.80. The van der Waals surface area contributed by atoms with Gasteiger partial charge in [-0.15, -0.1) is 6.42 Å². The van der Waals surface area contributed by atoms with E-state index in [1.807, 2.05) is 0 Å². The molecule has 0 radical (unpaired) electrons. The minimum Gasteiger partial charge on any atom is -0.480 e. The Balaban J connectivity index is 2.41. The van der Waals surface area contributed by atoms with Crippen LogP contribution in [-0.4, -0.2) is 39.9 Å². The number of carbonyl (C=O) groups is 2. The van der Waals surface area contributed by atoms with Gasteiger partial charge in [0.1, 0.15) is 6.54 Å². The van der Waals surface area contributed by atoms with Crippen molar-refractivity contribution in [1.82, 2.24) is 15.1 Å². The standard InChI is InChI=1S/C10H12N4O3/c1-2-3-11-5-9(15)13-8-4-12-14(6-8)7-10(16)17/h1,4,6,11H,3,5,7H2,(H,13,15)(H,16,17). The van der Waals surface area contributed by atoms with E-state index >= 15 is 0 Å². The molecule has 0 aliphatic rings. The largest absolute Gasteiger partial charge is 0.480 e. The Morgan fingerprint density at radius 3 is 3.00 bits per heavy atom. The van der Waals surface area contributed by atoms with E-state index in [1.54, 1.807) is 0 Å². The van der Waals surface area contributed by atoms with Crippen molar-refractivity contribution in [2.45, 2.75) is 6.54 Å². The normalized spacial score (nSPS) is 9.59. The van der Waals surface area contributed by atoms with Crippen LogP contribution in [0.15, 0.2) is 12.4 Å². The number of hydrogen-bond donors (Lipinski definition) is 3. The molecule has 0 aromatic carbocycles. The molecule has 1 amide bonds. The number of carboxylic acids is 1. The molecule has 0 fully saturated rings. The van der Waals surface area contributed by atoms with E-state index in [-0.39, 0.29) is 19.0 Å². The van der Waals surface area contributed by atoms with Gasteiger partial charge in [0, 0.05) is 6.20 Å². The molecule has 0 atom stereocenters. The second kappa shape index (κ2) is 6.30. The van der Waals surface area contributed by atoms with Crippen LogP contribution in [0.2, 0.25) is 0 Å². The van der Waals surface area contributed by atoms with E-state index in [0.29, 0.717) is 12.2 Å². The van der Waals surface area contributed by atoms with Crippen LogP contribution in [0, 0.1) is 12.3 Å². The number of carbonyl (C=O) groups excluding carboxylic acids is 1. The molecule has 1 rings (SSSR count). The molecule has 1 aromatic rings. The van der Waals surface area contributed by atoms with Crippen LogP contribution in [-0.2, 0) is 16.1 Å². The Hall–Kier alpha value is -2.33. The van der Waals surface area contributed by atoms with E-state index < -0.39 is 5.97 Å². The Morgan fingerprint density at radius 1 is 1.59 bits per heavy atom. The second-order valence-electron chi connectivity index (χ2n) is 3.18. The number of rotatable bonds is 6. The number of amides is 1. The number of nitrogens with one attached hydrogen (secondary N) is 2. The average molecular weight is 236 g/mol. The number of terminal acetylenes is 1. The minimum atomic E-state index is -0.998. The van der Waals surface area contributed by atoms with Crippen LogP contribution in [0.3, 0.4) is 0 Å². The summed E-state index contributed by atoms with van der Waals surface area (Å²) in [5, 5.41) is 17.6. The average Bonchev–Trinajstić information content (AvgIpc) is 2.64. The van der Waals surface area contributed by atoms with E-state index in [0.717, 1.165) is 0 Å². The van der Waals surface area contributed by atoms with Crippen molar-refractivity contribution in [1.29, 1.82) is 0 Å². The van der Waals surface area contributed by atoms with Crippen molar-refractivity contribution < 1.29 is 14.7 Å². The van der Waals surface area contributed by atoms with Crippen molar-refractivity contribution in [3.63, 3.8) is 0 Å². The Labute approximate surface area is 97.8 Å². The molecule has 7 nitrogen and oxygen atoms in total. The molecule has 1 heterocycles. The Bertz CT molecular complexity index is 447. The number of nitrogens with zero attached hydrogens (tertiary/aromatic N) is 2. The number of hydrogen-bond acceptors (Lipinski definition) is 4. The summed E-state index contributed by atoms with van der Waals surface area (Å²) < 4.78 is 1.22. The summed E-state index contributed by atoms with van der Waals surface area (Å²) in [5.74, 6) is 1.07. The van der Waals surface area contributed by atoms with E-state index in [4.69, 9.17) is 11.5 Å². The fraction of sp³-hybridized carbons (Fsp3) is 0.300. The summed E-state index contributed by atoms with van der Waals surface area (Å²) in [6.07, 6.45) is 7.82. The lowest BCUT2D eigenvalue weighted by molar-refractivity contribution is -0.137. The van der Waals surface area contributed by atoms with Gasteiger partial charge in [-0.3, -0.25) is 19.6 Å². The Morgan fingerprint density at radius 2 is 2.35 bits per heavy atom. The number of aliphatic carboxylic acids is 1. The van der Waals surface area contributed by atoms with Gasteiger partial charge in [-0.05, 0) is 0 Å². The highest BCUT2D eigenvalue weighted by Gasteiger charge is 2.05. The first-order chi connectivity index (χ1) is 8.11. The summed E-state index contributed by atoms with van der Waals surface area (Å²) in [6, 6.07) is 0. The summed E-state index contributed by atoms with van der Waals surface area (Å²) in [6.45, 7) is 0.158. The summed E-state index contributed by atoms with van der Waals surface area (Å²) in [4.78, 5) is 21.7. The maximum absolute atomic E-state index is 11.3. The third kappa shape index (κ3) is 4.81. The highest BCUT2D eigenvalue weighted by molar-refractivity contribution is 5.92. The molecule has 90 valence electrons. The fourth-order valence-electron chi connectivity index (χ4n) is 1.11. The molecule has 0 saturated heterocycles. The quantitative estimate of drug-likeness (QED) is 0.440. The lowest BCUT2D eigenvalue weighted by Crippen LogP contribution is -2.28. The molecule has 1 aromatic heterocycles. The van der Waals surface area contributed by atoms with Crippen LogP contribution in [0.4, 0.5) is 5.69 Å². The maximum Gasteiger partial charge on any atom is 0.325 e. The van der Waals surface area contributed by atoms with Gasteiger partial charge in [0.15, 0.2) is 0 Å². The number of aromatic nitrogens is 2. The van der Waals surface area contributed by atoms with E-state index in [2.05, 4.69) is 21.7 Å². The van der Waals surface area contributed by atoms with Crippen LogP contribution >= 0.6 is 0 Å². The molecule has 0 aliphatic carbocycles. The van der Waals surface area contributed by atoms with Gasteiger partial charge >= 0.3 is 5.97 Å². The maximum atomic E-state index is 11.3. The van der Waals surface area contributed by atoms with Gasteiger partial charge in [-0.25, -0.2) is 0 Å². The predicted molar refractivity (Wildman–Crippen MR) is 60.2 cm³/mol. The molecule has 0 spiro atoms. The smallest absolute Gasteiger partial charge is 0.325 e. The molecule has 0 aliphatic heterocycles. The van der Waals surface area contributed by atoms with Gasteiger partial charge in [0.05, 0.1) is 25.0 Å². The summed E-state index contributed by atoms with van der Waals surface area (Å²) in [7, 11) is 0. The van der Waals surface area contributed by atoms with Crippen molar-refractivity contribution >= 4 is 17.6 Å². The fourth-order valence-corrected chi connectivity index (χ4v) is 1.11. The SMILES string of the molecule is C#CCNCC(=O)Nc1cnn(CC(=O)O)c1. The second-order valence-corrected chi connectivity index (χ2v) is 3.18. The molecule has 0 saturated carbocycles. The Kier molecular flexibility index (Phi) is 4.72. The van der Waals surface area contributed by atoms with Gasteiger partial charge < -0.3 is 10.4 Å². The van der Waals surface area contributed by atoms with Gasteiger partial charge in [-0.1, -0.05) is 5.92 Å². The van der Waals surface area contributed by atoms with Crippen molar-refractivity contribution in [3.8, 4) is 12.3 Å². The van der Waals surface area contributed by atoms with Gasteiger partial charge in [-0.2, -0.15) is 5.10 Å². The molecule has 7 heteroatoms. The molecule has 3 N–H and O–H groups in total. The highest BCUT2D eigenvalue weighted by Crippen LogP contribution is 2.03. The lowest BCUT2D eigenvalue weighted by Gasteiger charge is -2.01. The monoisotopic (exact) mass is 236 g/mol. The molecule has 0 bridgehead atoms. The number of anilines is 1. The summed E-state index contributed by atoms with van der Waals surface area (Å²) in [5.41, 5.74) is 0.443. The van der Waals surface area contributed by atoms with Crippen molar-refractivity contribution in [2.24, 2.45) is 0 Å². The van der Waals surface area contributed by atoms with Crippen LogP contribution in [0.5, 0.6) is 0 Å². The molecule has 17 heavy (non-hydrogen) atoms. The number of carboxylic acid groups (broad SMARTS) is 1. The van der Waals surface area contributed by atoms with Crippen LogP contribution in [0.25, 0.3) is 0 Å².